The zero-order valence-corrected chi connectivity index (χ0v) is 20.2. The van der Waals surface area contributed by atoms with Crippen molar-refractivity contribution in [1.29, 1.82) is 0 Å². The molecule has 0 heterocycles. The number of fused-ring (bicyclic) bond motifs is 3. The van der Waals surface area contributed by atoms with Crippen LogP contribution in [0.1, 0.15) is 22.3 Å². The van der Waals surface area contributed by atoms with Gasteiger partial charge in [-0.25, -0.2) is 9.59 Å². The van der Waals surface area contributed by atoms with Crippen molar-refractivity contribution in [2.24, 2.45) is 0 Å². The molecule has 1 aliphatic rings. The van der Waals surface area contributed by atoms with Gasteiger partial charge in [0, 0.05) is 12.2 Å². The van der Waals surface area contributed by atoms with Gasteiger partial charge in [-0.1, -0.05) is 109 Å². The van der Waals surface area contributed by atoms with E-state index in [0.29, 0.717) is 0 Å². The van der Waals surface area contributed by atoms with Gasteiger partial charge in [0.15, 0.2) is 0 Å². The van der Waals surface area contributed by atoms with Crippen LogP contribution in [0.15, 0.2) is 121 Å². The highest BCUT2D eigenvalue weighted by Crippen LogP contribution is 2.49. The minimum absolute atomic E-state index is 0.0364. The number of esters is 2. The zero-order chi connectivity index (χ0) is 25.5. The average Bonchev–Trinajstić information content (AvgIpc) is 3.24. The van der Waals surface area contributed by atoms with Crippen molar-refractivity contribution in [3.05, 3.63) is 144 Å². The first-order valence-electron chi connectivity index (χ1n) is 12.1. The summed E-state index contributed by atoms with van der Waals surface area (Å²) in [6.07, 6.45) is 6.29. The lowest BCUT2D eigenvalue weighted by atomic mass is 9.79. The van der Waals surface area contributed by atoms with Crippen molar-refractivity contribution in [3.63, 3.8) is 0 Å². The van der Waals surface area contributed by atoms with Crippen molar-refractivity contribution in [3.8, 4) is 11.1 Å². The first kappa shape index (κ1) is 24.0. The van der Waals surface area contributed by atoms with Crippen LogP contribution in [0.4, 0.5) is 0 Å². The van der Waals surface area contributed by atoms with Crippen LogP contribution in [0.5, 0.6) is 0 Å². The number of ether oxygens (including phenoxy) is 2. The Kier molecular flexibility index (Phi) is 7.09. The van der Waals surface area contributed by atoms with E-state index in [1.54, 1.807) is 12.2 Å². The summed E-state index contributed by atoms with van der Waals surface area (Å²) in [5.74, 6) is -0.916. The molecule has 0 aromatic heterocycles. The number of carbonyl (C=O) groups excluding carboxylic acids is 2. The maximum absolute atomic E-state index is 12.7. The molecule has 0 aliphatic heterocycles. The van der Waals surface area contributed by atoms with E-state index in [4.69, 9.17) is 9.47 Å². The Morgan fingerprint density at radius 1 is 0.541 bits per heavy atom. The highest BCUT2D eigenvalue weighted by Gasteiger charge is 2.45. The maximum atomic E-state index is 12.7. The lowest BCUT2D eigenvalue weighted by Crippen LogP contribution is -2.38. The molecule has 0 unspecified atom stereocenters. The van der Waals surface area contributed by atoms with E-state index < -0.39 is 17.4 Å². The van der Waals surface area contributed by atoms with Gasteiger partial charge < -0.3 is 9.47 Å². The van der Waals surface area contributed by atoms with Gasteiger partial charge in [0.05, 0.1) is 5.41 Å². The Balaban J connectivity index is 1.40. The van der Waals surface area contributed by atoms with Gasteiger partial charge in [0.2, 0.25) is 0 Å². The van der Waals surface area contributed by atoms with E-state index in [1.165, 1.54) is 12.2 Å². The number of hydrogen-bond acceptors (Lipinski definition) is 4. The van der Waals surface area contributed by atoms with Crippen molar-refractivity contribution >= 4 is 24.1 Å². The molecule has 0 bridgehead atoms. The van der Waals surface area contributed by atoms with Crippen LogP contribution in [-0.2, 0) is 24.5 Å². The summed E-state index contributed by atoms with van der Waals surface area (Å²) in [4.78, 5) is 25.4. The molecule has 5 rings (SSSR count). The first-order valence-corrected chi connectivity index (χ1v) is 12.1. The molecule has 0 fully saturated rings. The van der Waals surface area contributed by atoms with Crippen LogP contribution in [0.2, 0.25) is 0 Å². The predicted molar refractivity (Wildman–Crippen MR) is 146 cm³/mol. The third kappa shape index (κ3) is 5.29. The Bertz CT molecular complexity index is 1340. The molecule has 4 aromatic rings. The average molecular weight is 487 g/mol. The SMILES string of the molecule is O=C(C=Cc1ccccc1)OCC1(COC(=O)C=Cc2ccccc2)c2ccccc2-c2ccccc21. The van der Waals surface area contributed by atoms with Crippen molar-refractivity contribution < 1.29 is 19.1 Å². The summed E-state index contributed by atoms with van der Waals surface area (Å²) < 4.78 is 11.6. The van der Waals surface area contributed by atoms with Gasteiger partial charge in [-0.15, -0.1) is 0 Å². The minimum Gasteiger partial charge on any atom is -0.461 e. The highest BCUT2D eigenvalue weighted by molar-refractivity contribution is 5.89. The summed E-state index contributed by atoms with van der Waals surface area (Å²) in [6.45, 7) is 0.0728. The van der Waals surface area contributed by atoms with Crippen LogP contribution >= 0.6 is 0 Å². The van der Waals surface area contributed by atoms with E-state index in [-0.39, 0.29) is 13.2 Å². The van der Waals surface area contributed by atoms with Gasteiger partial charge in [0.25, 0.3) is 0 Å². The zero-order valence-electron chi connectivity index (χ0n) is 20.2. The topological polar surface area (TPSA) is 52.6 Å². The summed E-state index contributed by atoms with van der Waals surface area (Å²) in [5, 5.41) is 0. The normalized spacial score (nSPS) is 13.3. The largest absolute Gasteiger partial charge is 0.461 e. The molecule has 4 heteroatoms. The van der Waals surface area contributed by atoms with E-state index >= 15 is 0 Å². The highest BCUT2D eigenvalue weighted by atomic mass is 16.5. The molecular weight excluding hydrogens is 460 g/mol. The van der Waals surface area contributed by atoms with Crippen LogP contribution in [0, 0.1) is 0 Å². The summed E-state index contributed by atoms with van der Waals surface area (Å²) >= 11 is 0. The van der Waals surface area contributed by atoms with E-state index in [0.717, 1.165) is 33.4 Å². The number of hydrogen-bond donors (Lipinski definition) is 0. The Labute approximate surface area is 216 Å². The molecular formula is C33H26O4. The molecule has 0 radical (unpaired) electrons. The van der Waals surface area contributed by atoms with Crippen molar-refractivity contribution in [2.45, 2.75) is 5.41 Å². The van der Waals surface area contributed by atoms with Crippen LogP contribution < -0.4 is 0 Å². The quantitative estimate of drug-likeness (QED) is 0.212. The van der Waals surface area contributed by atoms with E-state index in [1.807, 2.05) is 109 Å². The van der Waals surface area contributed by atoms with Crippen LogP contribution in [0.25, 0.3) is 23.3 Å². The lowest BCUT2D eigenvalue weighted by Gasteiger charge is -2.30. The second kappa shape index (κ2) is 10.9. The molecule has 0 spiro atoms. The first-order chi connectivity index (χ1) is 18.2. The molecule has 0 N–H and O–H groups in total. The fourth-order valence-corrected chi connectivity index (χ4v) is 4.71. The van der Waals surface area contributed by atoms with Gasteiger partial charge >= 0.3 is 11.9 Å². The number of rotatable bonds is 8. The third-order valence-electron chi connectivity index (χ3n) is 6.52. The molecule has 0 atom stereocenters. The summed E-state index contributed by atoms with van der Waals surface area (Å²) in [6, 6.07) is 35.1. The van der Waals surface area contributed by atoms with Crippen LogP contribution in [0.3, 0.4) is 0 Å². The molecule has 182 valence electrons. The molecule has 0 saturated heterocycles. The third-order valence-corrected chi connectivity index (χ3v) is 6.52. The fraction of sp³-hybridized carbons (Fsp3) is 0.0909. The van der Waals surface area contributed by atoms with Crippen molar-refractivity contribution in [1.82, 2.24) is 0 Å². The van der Waals surface area contributed by atoms with Crippen molar-refractivity contribution in [2.75, 3.05) is 13.2 Å². The van der Waals surface area contributed by atoms with E-state index in [2.05, 4.69) is 0 Å². The monoisotopic (exact) mass is 486 g/mol. The minimum atomic E-state index is -0.820. The molecule has 0 saturated carbocycles. The Morgan fingerprint density at radius 3 is 1.35 bits per heavy atom. The van der Waals surface area contributed by atoms with Gasteiger partial charge in [-0.3, -0.25) is 0 Å². The lowest BCUT2D eigenvalue weighted by molar-refractivity contribution is -0.143. The second-order valence-electron chi connectivity index (χ2n) is 8.88. The standard InChI is InChI=1S/C33H26O4/c34-31(21-19-25-11-3-1-4-12-25)36-23-33(24-37-32(35)22-20-26-13-5-2-6-14-26)29-17-9-7-15-27(29)28-16-8-10-18-30(28)33/h1-22H,23-24H2. The van der Waals surface area contributed by atoms with Crippen LogP contribution in [-0.4, -0.2) is 25.2 Å². The fourth-order valence-electron chi connectivity index (χ4n) is 4.71. The summed E-state index contributed by atoms with van der Waals surface area (Å²) in [5.41, 5.74) is 5.02. The molecule has 4 nitrogen and oxygen atoms in total. The molecule has 1 aliphatic carbocycles. The van der Waals surface area contributed by atoms with Gasteiger partial charge in [-0.05, 0) is 45.5 Å². The van der Waals surface area contributed by atoms with Gasteiger partial charge in [0.1, 0.15) is 13.2 Å². The predicted octanol–water partition coefficient (Wildman–Crippen LogP) is 6.47. The molecule has 4 aromatic carbocycles. The van der Waals surface area contributed by atoms with Gasteiger partial charge in [-0.2, -0.15) is 0 Å². The second-order valence-corrected chi connectivity index (χ2v) is 8.88. The van der Waals surface area contributed by atoms with E-state index in [9.17, 15) is 9.59 Å². The Hall–Kier alpha value is -4.70. The smallest absolute Gasteiger partial charge is 0.330 e. The Morgan fingerprint density at radius 2 is 0.919 bits per heavy atom. The molecule has 0 amide bonds. The number of benzene rings is 4. The maximum Gasteiger partial charge on any atom is 0.330 e. The molecule has 37 heavy (non-hydrogen) atoms. The number of carbonyl (C=O) groups is 2. The summed E-state index contributed by atoms with van der Waals surface area (Å²) in [7, 11) is 0.